The third kappa shape index (κ3) is 2.73. The van der Waals surface area contributed by atoms with Crippen molar-refractivity contribution in [1.29, 1.82) is 0 Å². The van der Waals surface area contributed by atoms with Crippen molar-refractivity contribution >= 4 is 6.09 Å². The largest absolute Gasteiger partial charge is 0.412 e. The molecular weight excluding hydrogens is 204 g/mol. The van der Waals surface area contributed by atoms with Crippen LogP contribution >= 0.6 is 0 Å². The first-order chi connectivity index (χ1) is 7.75. The number of aryl methyl sites for hydroxylation is 1. The van der Waals surface area contributed by atoms with Gasteiger partial charge in [0.1, 0.15) is 5.75 Å². The van der Waals surface area contributed by atoms with Gasteiger partial charge in [0.15, 0.2) is 0 Å². The zero-order valence-corrected chi connectivity index (χ0v) is 9.32. The van der Waals surface area contributed by atoms with Gasteiger partial charge in [-0.05, 0) is 31.5 Å². The van der Waals surface area contributed by atoms with Crippen LogP contribution in [-0.4, -0.2) is 25.2 Å². The van der Waals surface area contributed by atoms with E-state index < -0.39 is 0 Å². The Hall–Kier alpha value is -1.55. The van der Waals surface area contributed by atoms with Crippen molar-refractivity contribution in [3.05, 3.63) is 29.8 Å². The third-order valence-electron chi connectivity index (χ3n) is 2.68. The highest BCUT2D eigenvalue weighted by Gasteiger charge is 2.17. The van der Waals surface area contributed by atoms with Crippen LogP contribution in [-0.2, 0) is 0 Å². The van der Waals surface area contributed by atoms with E-state index in [-0.39, 0.29) is 12.1 Å². The molecule has 4 nitrogen and oxygen atoms in total. The number of carbonyl (C=O) groups is 1. The molecule has 1 heterocycles. The molecule has 1 saturated heterocycles. The molecule has 1 aromatic rings. The average Bonchev–Trinajstić information content (AvgIpc) is 2.74. The maximum absolute atomic E-state index is 11.6. The van der Waals surface area contributed by atoms with Crippen LogP contribution in [0.5, 0.6) is 5.75 Å². The molecule has 1 atom stereocenters. The summed E-state index contributed by atoms with van der Waals surface area (Å²) >= 11 is 0. The lowest BCUT2D eigenvalue weighted by Gasteiger charge is -2.12. The van der Waals surface area contributed by atoms with Gasteiger partial charge < -0.3 is 15.4 Å². The Balaban J connectivity index is 1.89. The van der Waals surface area contributed by atoms with Crippen LogP contribution in [0.4, 0.5) is 4.79 Å². The Morgan fingerprint density at radius 2 is 2.31 bits per heavy atom. The molecule has 0 saturated carbocycles. The molecule has 1 aliphatic rings. The number of nitrogens with one attached hydrogen (secondary N) is 2. The fraction of sp³-hybridized carbons (Fsp3) is 0.417. The van der Waals surface area contributed by atoms with Crippen LogP contribution in [0.15, 0.2) is 24.3 Å². The average molecular weight is 220 g/mol. The molecule has 0 spiro atoms. The smallest absolute Gasteiger partial charge is 0.410 e. The van der Waals surface area contributed by atoms with Crippen molar-refractivity contribution in [2.24, 2.45) is 0 Å². The van der Waals surface area contributed by atoms with E-state index in [2.05, 4.69) is 10.6 Å². The number of para-hydroxylation sites is 1. The summed E-state index contributed by atoms with van der Waals surface area (Å²) in [6, 6.07) is 7.67. The second kappa shape index (κ2) is 4.99. The Morgan fingerprint density at radius 1 is 1.50 bits per heavy atom. The first-order valence-electron chi connectivity index (χ1n) is 5.50. The maximum atomic E-state index is 11.6. The summed E-state index contributed by atoms with van der Waals surface area (Å²) in [6.07, 6.45) is 0.589. The van der Waals surface area contributed by atoms with Crippen LogP contribution < -0.4 is 15.4 Å². The van der Waals surface area contributed by atoms with Gasteiger partial charge in [-0.1, -0.05) is 18.2 Å². The zero-order valence-electron chi connectivity index (χ0n) is 9.32. The molecule has 16 heavy (non-hydrogen) atoms. The SMILES string of the molecule is Cc1ccccc1OC(=O)NC1CCNC1. The molecule has 1 fully saturated rings. The molecule has 1 unspecified atom stereocenters. The van der Waals surface area contributed by atoms with Gasteiger partial charge in [0.05, 0.1) is 0 Å². The van der Waals surface area contributed by atoms with Crippen LogP contribution in [0, 0.1) is 6.92 Å². The molecule has 1 aliphatic heterocycles. The number of hydrogen-bond donors (Lipinski definition) is 2. The number of amides is 1. The van der Waals surface area contributed by atoms with Crippen LogP contribution in [0.25, 0.3) is 0 Å². The predicted octanol–water partition coefficient (Wildman–Crippen LogP) is 1.45. The molecule has 0 radical (unpaired) electrons. The summed E-state index contributed by atoms with van der Waals surface area (Å²) in [7, 11) is 0. The van der Waals surface area contributed by atoms with Gasteiger partial charge in [-0.15, -0.1) is 0 Å². The molecule has 0 aromatic heterocycles. The monoisotopic (exact) mass is 220 g/mol. The first kappa shape index (κ1) is 11.0. The lowest BCUT2D eigenvalue weighted by molar-refractivity contribution is 0.196. The highest BCUT2D eigenvalue weighted by atomic mass is 16.6. The van der Waals surface area contributed by atoms with E-state index in [1.807, 2.05) is 25.1 Å². The summed E-state index contributed by atoms with van der Waals surface area (Å²) in [5.74, 6) is 0.617. The zero-order chi connectivity index (χ0) is 11.4. The van der Waals surface area contributed by atoms with Gasteiger partial charge in [0, 0.05) is 12.6 Å². The maximum Gasteiger partial charge on any atom is 0.412 e. The standard InChI is InChI=1S/C12H16N2O2/c1-9-4-2-3-5-11(9)16-12(15)14-10-6-7-13-8-10/h2-5,10,13H,6-8H2,1H3,(H,14,15). The Labute approximate surface area is 95.0 Å². The highest BCUT2D eigenvalue weighted by Crippen LogP contribution is 2.16. The molecule has 2 rings (SSSR count). The number of benzene rings is 1. The van der Waals surface area contributed by atoms with E-state index >= 15 is 0 Å². The Bertz CT molecular complexity index is 373. The minimum Gasteiger partial charge on any atom is -0.410 e. The van der Waals surface area contributed by atoms with E-state index in [4.69, 9.17) is 4.74 Å². The predicted molar refractivity (Wildman–Crippen MR) is 61.6 cm³/mol. The van der Waals surface area contributed by atoms with E-state index in [0.717, 1.165) is 25.1 Å². The molecule has 0 bridgehead atoms. The summed E-state index contributed by atoms with van der Waals surface area (Å²) in [6.45, 7) is 3.69. The van der Waals surface area contributed by atoms with Gasteiger partial charge in [0.2, 0.25) is 0 Å². The molecule has 86 valence electrons. The van der Waals surface area contributed by atoms with E-state index in [9.17, 15) is 4.79 Å². The summed E-state index contributed by atoms with van der Waals surface area (Å²) in [4.78, 5) is 11.6. The second-order valence-electron chi connectivity index (χ2n) is 3.99. The van der Waals surface area contributed by atoms with Gasteiger partial charge in [-0.3, -0.25) is 0 Å². The van der Waals surface area contributed by atoms with Crippen molar-refractivity contribution in [2.45, 2.75) is 19.4 Å². The van der Waals surface area contributed by atoms with Crippen LogP contribution in [0.1, 0.15) is 12.0 Å². The fourth-order valence-electron chi connectivity index (χ4n) is 1.74. The highest BCUT2D eigenvalue weighted by molar-refractivity contribution is 5.71. The molecule has 2 N–H and O–H groups in total. The first-order valence-corrected chi connectivity index (χ1v) is 5.50. The minimum atomic E-state index is -0.372. The number of carbonyl (C=O) groups excluding carboxylic acids is 1. The molecular formula is C12H16N2O2. The van der Waals surface area contributed by atoms with Crippen molar-refractivity contribution in [1.82, 2.24) is 10.6 Å². The van der Waals surface area contributed by atoms with Gasteiger partial charge in [-0.25, -0.2) is 4.79 Å². The van der Waals surface area contributed by atoms with Crippen molar-refractivity contribution < 1.29 is 9.53 Å². The minimum absolute atomic E-state index is 0.191. The number of ether oxygens (including phenoxy) is 1. The molecule has 1 amide bonds. The van der Waals surface area contributed by atoms with E-state index in [1.165, 1.54) is 0 Å². The quantitative estimate of drug-likeness (QED) is 0.793. The van der Waals surface area contributed by atoms with Crippen molar-refractivity contribution in [3.8, 4) is 5.75 Å². The van der Waals surface area contributed by atoms with Gasteiger partial charge in [0.25, 0.3) is 0 Å². The number of hydrogen-bond acceptors (Lipinski definition) is 3. The molecule has 4 heteroatoms. The van der Waals surface area contributed by atoms with E-state index in [0.29, 0.717) is 5.75 Å². The van der Waals surface area contributed by atoms with E-state index in [1.54, 1.807) is 6.07 Å². The molecule has 0 aliphatic carbocycles. The van der Waals surface area contributed by atoms with Crippen LogP contribution in [0.2, 0.25) is 0 Å². The lowest BCUT2D eigenvalue weighted by Crippen LogP contribution is -2.38. The van der Waals surface area contributed by atoms with Crippen molar-refractivity contribution in [2.75, 3.05) is 13.1 Å². The summed E-state index contributed by atoms with van der Waals surface area (Å²) in [5.41, 5.74) is 0.960. The summed E-state index contributed by atoms with van der Waals surface area (Å²) < 4.78 is 5.23. The number of rotatable bonds is 2. The van der Waals surface area contributed by atoms with Crippen molar-refractivity contribution in [3.63, 3.8) is 0 Å². The fourth-order valence-corrected chi connectivity index (χ4v) is 1.74. The third-order valence-corrected chi connectivity index (χ3v) is 2.68. The topological polar surface area (TPSA) is 50.4 Å². The Kier molecular flexibility index (Phi) is 3.41. The lowest BCUT2D eigenvalue weighted by atomic mass is 10.2. The van der Waals surface area contributed by atoms with Gasteiger partial charge in [-0.2, -0.15) is 0 Å². The van der Waals surface area contributed by atoms with Crippen LogP contribution in [0.3, 0.4) is 0 Å². The van der Waals surface area contributed by atoms with Gasteiger partial charge >= 0.3 is 6.09 Å². The Morgan fingerprint density at radius 3 is 3.00 bits per heavy atom. The summed E-state index contributed by atoms with van der Waals surface area (Å²) in [5, 5.41) is 6.01. The molecule has 1 aromatic carbocycles. The normalized spacial score (nSPS) is 19.4. The second-order valence-corrected chi connectivity index (χ2v) is 3.99.